The van der Waals surface area contributed by atoms with Gasteiger partial charge in [0.25, 0.3) is 0 Å². The van der Waals surface area contributed by atoms with Crippen LogP contribution in [0.1, 0.15) is 124 Å². The van der Waals surface area contributed by atoms with Crippen molar-refractivity contribution in [3.8, 4) is 0 Å². The number of hydrogen-bond acceptors (Lipinski definition) is 5. The van der Waals surface area contributed by atoms with Crippen molar-refractivity contribution in [2.24, 2.45) is 0 Å². The van der Waals surface area contributed by atoms with Crippen LogP contribution >= 0.6 is 0 Å². The number of unbranched alkanes of at least 4 members (excludes halogenated alkanes) is 13. The summed E-state index contributed by atoms with van der Waals surface area (Å²) in [5, 5.41) is 0.970. The van der Waals surface area contributed by atoms with Crippen molar-refractivity contribution in [3.05, 3.63) is 12.2 Å². The zero-order valence-corrected chi connectivity index (χ0v) is 19.3. The van der Waals surface area contributed by atoms with E-state index in [4.69, 9.17) is 9.68 Å². The van der Waals surface area contributed by atoms with Gasteiger partial charge < -0.3 is 9.68 Å². The topological polar surface area (TPSA) is 55.8 Å². The molecule has 0 radical (unpaired) electrons. The summed E-state index contributed by atoms with van der Waals surface area (Å²) in [6.45, 7) is 5.93. The summed E-state index contributed by atoms with van der Waals surface area (Å²) in [5.41, 5.74) is 0. The maximum atomic E-state index is 11.4. The normalized spacial score (nSPS) is 11.3. The van der Waals surface area contributed by atoms with Gasteiger partial charge in [-0.15, -0.1) is 0 Å². The van der Waals surface area contributed by atoms with E-state index in [1.54, 1.807) is 13.8 Å². The SMILES string of the molecule is CCCCCCCCCCCCCCCC=CCN(OC(=O)CC)OC(=O)CC. The Balaban J connectivity index is 3.59. The molecule has 0 fully saturated rings. The van der Waals surface area contributed by atoms with Gasteiger partial charge in [-0.05, 0) is 12.8 Å². The Morgan fingerprint density at radius 1 is 0.621 bits per heavy atom. The van der Waals surface area contributed by atoms with Gasteiger partial charge in [-0.3, -0.25) is 9.59 Å². The molecular weight excluding hydrogens is 366 g/mol. The minimum Gasteiger partial charge on any atom is -0.333 e. The average Bonchev–Trinajstić information content (AvgIpc) is 2.72. The fraction of sp³-hybridized carbons (Fsp3) is 0.833. The highest BCUT2D eigenvalue weighted by Crippen LogP contribution is 2.13. The van der Waals surface area contributed by atoms with Gasteiger partial charge in [0.15, 0.2) is 0 Å². The minimum atomic E-state index is -0.418. The largest absolute Gasteiger partial charge is 0.333 e. The molecule has 0 saturated heterocycles. The fourth-order valence-corrected chi connectivity index (χ4v) is 3.01. The van der Waals surface area contributed by atoms with Gasteiger partial charge in [0.2, 0.25) is 0 Å². The van der Waals surface area contributed by atoms with Crippen LogP contribution in [0.2, 0.25) is 0 Å². The van der Waals surface area contributed by atoms with Gasteiger partial charge in [-0.2, -0.15) is 0 Å². The zero-order valence-electron chi connectivity index (χ0n) is 19.3. The summed E-state index contributed by atoms with van der Waals surface area (Å²) in [4.78, 5) is 32.8. The summed E-state index contributed by atoms with van der Waals surface area (Å²) >= 11 is 0. The molecule has 0 aromatic carbocycles. The lowest BCUT2D eigenvalue weighted by molar-refractivity contribution is -0.319. The maximum absolute atomic E-state index is 11.4. The van der Waals surface area contributed by atoms with Crippen LogP contribution in [0.5, 0.6) is 0 Å². The zero-order chi connectivity index (χ0) is 21.6. The van der Waals surface area contributed by atoms with Gasteiger partial charge in [0, 0.05) is 18.1 Å². The molecule has 5 heteroatoms. The van der Waals surface area contributed by atoms with Crippen LogP contribution < -0.4 is 0 Å². The predicted octanol–water partition coefficient (Wildman–Crippen LogP) is 7.06. The van der Waals surface area contributed by atoms with E-state index in [-0.39, 0.29) is 19.4 Å². The lowest BCUT2D eigenvalue weighted by Crippen LogP contribution is -2.30. The molecule has 0 unspecified atom stereocenters. The maximum Gasteiger partial charge on any atom is 0.328 e. The summed E-state index contributed by atoms with van der Waals surface area (Å²) in [6.07, 6.45) is 23.0. The Bertz CT molecular complexity index is 405. The molecule has 0 aliphatic rings. The van der Waals surface area contributed by atoms with Gasteiger partial charge in [-0.25, -0.2) is 0 Å². The number of hydrogen-bond donors (Lipinski definition) is 0. The van der Waals surface area contributed by atoms with E-state index in [0.29, 0.717) is 0 Å². The summed E-state index contributed by atoms with van der Waals surface area (Å²) in [7, 11) is 0. The second-order valence-electron chi connectivity index (χ2n) is 7.65. The molecule has 0 saturated carbocycles. The molecule has 0 aromatic heterocycles. The monoisotopic (exact) mass is 411 g/mol. The first-order valence-electron chi connectivity index (χ1n) is 12.0. The van der Waals surface area contributed by atoms with E-state index in [9.17, 15) is 9.59 Å². The van der Waals surface area contributed by atoms with E-state index in [1.165, 1.54) is 77.0 Å². The molecule has 0 bridgehead atoms. The Morgan fingerprint density at radius 3 is 1.45 bits per heavy atom. The van der Waals surface area contributed by atoms with E-state index >= 15 is 0 Å². The second-order valence-corrected chi connectivity index (χ2v) is 7.65. The molecule has 0 aromatic rings. The second kappa shape index (κ2) is 21.4. The smallest absolute Gasteiger partial charge is 0.328 e. The number of carbonyl (C=O) groups is 2. The number of rotatable bonds is 20. The van der Waals surface area contributed by atoms with Crippen molar-refractivity contribution in [1.29, 1.82) is 0 Å². The van der Waals surface area contributed by atoms with Crippen molar-refractivity contribution in [1.82, 2.24) is 5.23 Å². The van der Waals surface area contributed by atoms with Crippen LogP contribution in [0.4, 0.5) is 0 Å². The summed E-state index contributed by atoms with van der Waals surface area (Å²) in [5.74, 6) is -0.836. The Kier molecular flexibility index (Phi) is 20.3. The first-order valence-corrected chi connectivity index (χ1v) is 12.0. The summed E-state index contributed by atoms with van der Waals surface area (Å²) in [6, 6.07) is 0. The van der Waals surface area contributed by atoms with E-state index in [0.717, 1.165) is 18.1 Å². The van der Waals surface area contributed by atoms with Crippen LogP contribution in [0.25, 0.3) is 0 Å². The minimum absolute atomic E-state index is 0.239. The van der Waals surface area contributed by atoms with Gasteiger partial charge >= 0.3 is 11.9 Å². The van der Waals surface area contributed by atoms with Crippen LogP contribution in [-0.4, -0.2) is 23.7 Å². The predicted molar refractivity (Wildman–Crippen MR) is 119 cm³/mol. The van der Waals surface area contributed by atoms with Crippen molar-refractivity contribution >= 4 is 11.9 Å². The first kappa shape index (κ1) is 27.6. The molecule has 0 N–H and O–H groups in total. The van der Waals surface area contributed by atoms with Gasteiger partial charge in [-0.1, -0.05) is 110 Å². The Morgan fingerprint density at radius 2 is 1.03 bits per heavy atom. The molecule has 0 rings (SSSR count). The molecule has 0 atom stereocenters. The lowest BCUT2D eigenvalue weighted by Gasteiger charge is -2.17. The van der Waals surface area contributed by atoms with Crippen LogP contribution in [0.15, 0.2) is 12.2 Å². The Hall–Kier alpha value is -1.36. The van der Waals surface area contributed by atoms with Crippen molar-refractivity contribution in [3.63, 3.8) is 0 Å². The van der Waals surface area contributed by atoms with Gasteiger partial charge in [0.1, 0.15) is 0 Å². The van der Waals surface area contributed by atoms with Crippen LogP contribution in [-0.2, 0) is 19.3 Å². The molecule has 0 spiro atoms. The molecule has 29 heavy (non-hydrogen) atoms. The number of hydroxylamine groups is 2. The number of allylic oxidation sites excluding steroid dienone is 1. The van der Waals surface area contributed by atoms with E-state index < -0.39 is 11.9 Å². The third kappa shape index (κ3) is 19.7. The highest BCUT2D eigenvalue weighted by atomic mass is 17.0. The molecule has 0 amide bonds. The number of nitrogens with zero attached hydrogens (tertiary/aromatic N) is 1. The van der Waals surface area contributed by atoms with Crippen molar-refractivity contribution < 1.29 is 19.3 Å². The number of carbonyl (C=O) groups excluding carboxylic acids is 2. The Labute approximate surface area is 179 Å². The molecular formula is C24H45NO4. The van der Waals surface area contributed by atoms with Crippen LogP contribution in [0, 0.1) is 0 Å². The summed E-state index contributed by atoms with van der Waals surface area (Å²) < 4.78 is 0. The highest BCUT2D eigenvalue weighted by Gasteiger charge is 2.13. The van der Waals surface area contributed by atoms with E-state index in [1.807, 2.05) is 6.08 Å². The van der Waals surface area contributed by atoms with E-state index in [2.05, 4.69) is 13.0 Å². The molecule has 170 valence electrons. The van der Waals surface area contributed by atoms with Crippen molar-refractivity contribution in [2.45, 2.75) is 124 Å². The quantitative estimate of drug-likeness (QED) is 0.122. The highest BCUT2D eigenvalue weighted by molar-refractivity contribution is 5.70. The third-order valence-electron chi connectivity index (χ3n) is 4.88. The average molecular weight is 412 g/mol. The molecule has 0 heterocycles. The van der Waals surface area contributed by atoms with Crippen molar-refractivity contribution in [2.75, 3.05) is 6.54 Å². The molecule has 5 nitrogen and oxygen atoms in total. The van der Waals surface area contributed by atoms with Gasteiger partial charge in [0.05, 0.1) is 6.54 Å². The third-order valence-corrected chi connectivity index (χ3v) is 4.88. The fourth-order valence-electron chi connectivity index (χ4n) is 3.01. The molecule has 0 aliphatic carbocycles. The molecule has 0 aliphatic heterocycles. The standard InChI is InChI=1S/C24H45NO4/c1-4-7-8-9-10-11-12-13-14-15-16-17-18-19-20-21-22-25(28-23(26)5-2)29-24(27)6-3/h20-21H,4-19,22H2,1-3H3. The van der Waals surface area contributed by atoms with Crippen LogP contribution in [0.3, 0.4) is 0 Å². The first-order chi connectivity index (χ1) is 14.1. The lowest BCUT2D eigenvalue weighted by atomic mass is 10.0.